The normalized spacial score (nSPS) is 13.0. The second-order valence-corrected chi connectivity index (χ2v) is 6.12. The molecule has 0 saturated heterocycles. The summed E-state index contributed by atoms with van der Waals surface area (Å²) in [6, 6.07) is 0. The highest BCUT2D eigenvalue weighted by Gasteiger charge is 2.16. The molecule has 0 spiro atoms. The van der Waals surface area contributed by atoms with Crippen LogP contribution < -0.4 is 0 Å². The molecule has 142 valence electrons. The molecule has 0 N–H and O–H groups in total. The van der Waals surface area contributed by atoms with Gasteiger partial charge in [-0.1, -0.05) is 66.2 Å². The molecule has 6 heteroatoms. The fourth-order valence-corrected chi connectivity index (χ4v) is 2.28. The van der Waals surface area contributed by atoms with E-state index in [1.54, 1.807) is 0 Å². The predicted octanol–water partition coefficient (Wildman–Crippen LogP) is 5.64. The first-order chi connectivity index (χ1) is 11.6. The average molecular weight is 346 g/mol. The van der Waals surface area contributed by atoms with Crippen molar-refractivity contribution in [1.82, 2.24) is 0 Å². The fraction of sp³-hybridized carbons (Fsp3) is 0.889. The van der Waals surface area contributed by atoms with Crippen molar-refractivity contribution in [1.29, 1.82) is 0 Å². The Kier molecular flexibility index (Phi) is 14.2. The summed E-state index contributed by atoms with van der Waals surface area (Å²) in [5.41, 5.74) is 0. The number of hydrogen-bond acceptors (Lipinski definition) is 6. The SMILES string of the molecule is CCCC[C@@H](CC)COC(=O)OOC(=O)OC[C@H](CC)CCCC. The van der Waals surface area contributed by atoms with Crippen LogP contribution in [0.2, 0.25) is 0 Å². The van der Waals surface area contributed by atoms with Crippen LogP contribution in [0.1, 0.15) is 79.1 Å². The first-order valence-electron chi connectivity index (χ1n) is 9.25. The molecule has 0 saturated carbocycles. The van der Waals surface area contributed by atoms with Crippen LogP contribution in [0.4, 0.5) is 9.59 Å². The number of ether oxygens (including phenoxy) is 2. The Balaban J connectivity index is 3.86. The van der Waals surface area contributed by atoms with Crippen molar-refractivity contribution in [3.05, 3.63) is 0 Å². The van der Waals surface area contributed by atoms with Gasteiger partial charge in [-0.05, 0) is 24.7 Å². The number of hydrogen-bond donors (Lipinski definition) is 0. The van der Waals surface area contributed by atoms with Gasteiger partial charge in [0.15, 0.2) is 0 Å². The minimum atomic E-state index is -1.01. The van der Waals surface area contributed by atoms with Gasteiger partial charge < -0.3 is 9.47 Å². The topological polar surface area (TPSA) is 71.1 Å². The molecule has 0 radical (unpaired) electrons. The lowest BCUT2D eigenvalue weighted by Crippen LogP contribution is -2.19. The zero-order valence-electron chi connectivity index (χ0n) is 15.7. The molecule has 0 unspecified atom stereocenters. The summed E-state index contributed by atoms with van der Waals surface area (Å²) < 4.78 is 9.90. The second-order valence-electron chi connectivity index (χ2n) is 6.12. The van der Waals surface area contributed by atoms with Crippen LogP contribution in [0.5, 0.6) is 0 Å². The monoisotopic (exact) mass is 346 g/mol. The van der Waals surface area contributed by atoms with Gasteiger partial charge in [0, 0.05) is 0 Å². The van der Waals surface area contributed by atoms with Crippen molar-refractivity contribution in [2.75, 3.05) is 13.2 Å². The summed E-state index contributed by atoms with van der Waals surface area (Å²) in [6.45, 7) is 8.86. The lowest BCUT2D eigenvalue weighted by Gasteiger charge is -2.14. The van der Waals surface area contributed by atoms with E-state index in [0.29, 0.717) is 11.8 Å². The van der Waals surface area contributed by atoms with Crippen LogP contribution in [0.25, 0.3) is 0 Å². The van der Waals surface area contributed by atoms with Gasteiger partial charge in [0.25, 0.3) is 0 Å². The largest absolute Gasteiger partial charge is 0.550 e. The molecular weight excluding hydrogens is 312 g/mol. The van der Waals surface area contributed by atoms with Crippen molar-refractivity contribution < 1.29 is 28.8 Å². The standard InChI is InChI=1S/C18H34O6/c1-5-9-11-15(7-3)13-21-17(19)23-24-18(20)22-14-16(8-4)12-10-6-2/h15-16H,5-14H2,1-4H3/t15-,16-/m1/s1. The van der Waals surface area contributed by atoms with Gasteiger partial charge in [0.1, 0.15) is 0 Å². The van der Waals surface area contributed by atoms with Gasteiger partial charge in [-0.25, -0.2) is 0 Å². The van der Waals surface area contributed by atoms with Crippen LogP contribution in [0.3, 0.4) is 0 Å². The van der Waals surface area contributed by atoms with Crippen LogP contribution in [0, 0.1) is 11.8 Å². The van der Waals surface area contributed by atoms with Crippen LogP contribution in [-0.4, -0.2) is 25.5 Å². The molecule has 0 bridgehead atoms. The highest BCUT2D eigenvalue weighted by atomic mass is 17.3. The van der Waals surface area contributed by atoms with Crippen molar-refractivity contribution in [2.24, 2.45) is 11.8 Å². The Morgan fingerprint density at radius 1 is 0.708 bits per heavy atom. The zero-order valence-corrected chi connectivity index (χ0v) is 15.7. The number of unbranched alkanes of at least 4 members (excludes halogenated alkanes) is 2. The third-order valence-electron chi connectivity index (χ3n) is 4.14. The van der Waals surface area contributed by atoms with Gasteiger partial charge >= 0.3 is 12.3 Å². The maximum Gasteiger partial charge on any atom is 0.550 e. The number of carbonyl (C=O) groups excluding carboxylic acids is 2. The van der Waals surface area contributed by atoms with Crippen LogP contribution >= 0.6 is 0 Å². The lowest BCUT2D eigenvalue weighted by atomic mass is 10.0. The van der Waals surface area contributed by atoms with Gasteiger partial charge in [-0.3, -0.25) is 0 Å². The quantitative estimate of drug-likeness (QED) is 0.259. The maximum atomic E-state index is 11.4. The molecule has 0 aliphatic rings. The van der Waals surface area contributed by atoms with E-state index in [1.807, 2.05) is 13.8 Å². The molecule has 0 aromatic heterocycles. The molecule has 2 atom stereocenters. The minimum absolute atomic E-state index is 0.267. The number of carbonyl (C=O) groups is 2. The van der Waals surface area contributed by atoms with Gasteiger partial charge in [0.2, 0.25) is 0 Å². The molecule has 0 aliphatic carbocycles. The molecule has 6 nitrogen and oxygen atoms in total. The van der Waals surface area contributed by atoms with E-state index in [4.69, 9.17) is 9.47 Å². The maximum absolute atomic E-state index is 11.4. The minimum Gasteiger partial charge on any atom is -0.431 e. The van der Waals surface area contributed by atoms with E-state index in [2.05, 4.69) is 23.6 Å². The summed E-state index contributed by atoms with van der Waals surface area (Å²) >= 11 is 0. The molecule has 0 fully saturated rings. The Morgan fingerprint density at radius 2 is 1.08 bits per heavy atom. The molecule has 0 aliphatic heterocycles. The average Bonchev–Trinajstić information content (AvgIpc) is 2.60. The van der Waals surface area contributed by atoms with Crippen molar-refractivity contribution >= 4 is 12.3 Å². The summed E-state index contributed by atoms with van der Waals surface area (Å²) in [5, 5.41) is 0. The Labute approximate surface area is 146 Å². The zero-order chi connectivity index (χ0) is 18.2. The van der Waals surface area contributed by atoms with E-state index in [-0.39, 0.29) is 13.2 Å². The van der Waals surface area contributed by atoms with E-state index in [1.165, 1.54) is 0 Å². The summed E-state index contributed by atoms with van der Waals surface area (Å²) in [6.07, 6.45) is 6.21. The molecule has 0 heterocycles. The Morgan fingerprint density at radius 3 is 1.38 bits per heavy atom. The highest BCUT2D eigenvalue weighted by molar-refractivity contribution is 5.63. The van der Waals surface area contributed by atoms with E-state index < -0.39 is 12.3 Å². The molecule has 0 rings (SSSR count). The first kappa shape index (κ1) is 22.5. The lowest BCUT2D eigenvalue weighted by molar-refractivity contribution is -0.219. The molecule has 0 aromatic carbocycles. The van der Waals surface area contributed by atoms with E-state index >= 15 is 0 Å². The second kappa shape index (κ2) is 15.1. The Hall–Kier alpha value is -1.46. The smallest absolute Gasteiger partial charge is 0.431 e. The predicted molar refractivity (Wildman–Crippen MR) is 91.5 cm³/mol. The number of rotatable bonds is 12. The van der Waals surface area contributed by atoms with Gasteiger partial charge in [-0.2, -0.15) is 19.4 Å². The summed E-state index contributed by atoms with van der Waals surface area (Å²) in [4.78, 5) is 31.4. The third kappa shape index (κ3) is 12.0. The third-order valence-corrected chi connectivity index (χ3v) is 4.14. The Bertz CT molecular complexity index is 299. The molecule has 24 heavy (non-hydrogen) atoms. The van der Waals surface area contributed by atoms with Gasteiger partial charge in [-0.15, -0.1) is 0 Å². The fourth-order valence-electron chi connectivity index (χ4n) is 2.28. The molecule has 0 aromatic rings. The van der Waals surface area contributed by atoms with Crippen molar-refractivity contribution in [3.8, 4) is 0 Å². The van der Waals surface area contributed by atoms with Crippen LogP contribution in [-0.2, 0) is 19.2 Å². The highest BCUT2D eigenvalue weighted by Crippen LogP contribution is 2.14. The summed E-state index contributed by atoms with van der Waals surface area (Å²) in [5.74, 6) is 0.599. The summed E-state index contributed by atoms with van der Waals surface area (Å²) in [7, 11) is 0. The first-order valence-corrected chi connectivity index (χ1v) is 9.25. The van der Waals surface area contributed by atoms with Crippen LogP contribution in [0.15, 0.2) is 0 Å². The van der Waals surface area contributed by atoms with Crippen molar-refractivity contribution in [3.63, 3.8) is 0 Å². The van der Waals surface area contributed by atoms with E-state index in [0.717, 1.165) is 51.4 Å². The van der Waals surface area contributed by atoms with Crippen molar-refractivity contribution in [2.45, 2.75) is 79.1 Å². The molecular formula is C18H34O6. The molecule has 0 amide bonds. The van der Waals surface area contributed by atoms with Gasteiger partial charge in [0.05, 0.1) is 13.2 Å². The van der Waals surface area contributed by atoms with E-state index in [9.17, 15) is 9.59 Å².